The van der Waals surface area contributed by atoms with Crippen molar-refractivity contribution in [2.24, 2.45) is 10.2 Å². The summed E-state index contributed by atoms with van der Waals surface area (Å²) in [5, 5.41) is 13.3. The molecule has 0 unspecified atom stereocenters. The van der Waals surface area contributed by atoms with Crippen molar-refractivity contribution in [1.82, 2.24) is 9.97 Å². The number of carbonyl (C=O) groups excluding carboxylic acids is 1. The zero-order valence-corrected chi connectivity index (χ0v) is 21.6. The maximum atomic E-state index is 14.2. The third-order valence-electron chi connectivity index (χ3n) is 6.74. The van der Waals surface area contributed by atoms with Crippen molar-refractivity contribution in [3.8, 4) is 11.4 Å². The Bertz CT molecular complexity index is 1830. The lowest BCUT2D eigenvalue weighted by Gasteiger charge is -2.08. The molecule has 6 rings (SSSR count). The average molecular weight is 528 g/mol. The number of pyridine rings is 1. The van der Waals surface area contributed by atoms with Crippen molar-refractivity contribution in [2.45, 2.75) is 19.3 Å². The van der Waals surface area contributed by atoms with Gasteiger partial charge in [-0.1, -0.05) is 42.5 Å². The molecule has 0 bridgehead atoms. The molecule has 0 fully saturated rings. The van der Waals surface area contributed by atoms with Crippen LogP contribution in [0.3, 0.4) is 0 Å². The van der Waals surface area contributed by atoms with E-state index in [0.29, 0.717) is 30.6 Å². The zero-order chi connectivity index (χ0) is 27.3. The van der Waals surface area contributed by atoms with E-state index < -0.39 is 0 Å². The number of halogens is 1. The van der Waals surface area contributed by atoms with E-state index in [1.54, 1.807) is 12.1 Å². The fourth-order valence-electron chi connectivity index (χ4n) is 4.77. The highest BCUT2D eigenvalue weighted by Crippen LogP contribution is 2.32. The summed E-state index contributed by atoms with van der Waals surface area (Å²) in [6, 6.07) is 33.4. The molecule has 7 heteroatoms. The van der Waals surface area contributed by atoms with E-state index in [-0.39, 0.29) is 11.7 Å². The molecule has 0 atom stereocenters. The molecule has 2 aromatic heterocycles. The lowest BCUT2D eigenvalue weighted by molar-refractivity contribution is -0.116. The molecule has 1 amide bonds. The standard InChI is InChI=1S/C33H26FN5O/c34-23-14-20-30-28(21-23)27(33(37-30)31-19-13-22-7-4-5-11-29(22)36-31)10-6-12-32(40)35-24-15-17-26(18-16-24)39-38-25-8-2-1-3-9-25/h1-5,7-9,11,13-21,37H,6,10,12H2,(H,35,40). The Hall–Kier alpha value is -5.17. The molecule has 0 saturated heterocycles. The van der Waals surface area contributed by atoms with Gasteiger partial charge in [0.1, 0.15) is 5.82 Å². The summed E-state index contributed by atoms with van der Waals surface area (Å²) >= 11 is 0. The second kappa shape index (κ2) is 11.3. The van der Waals surface area contributed by atoms with Crippen LogP contribution in [0.25, 0.3) is 33.2 Å². The van der Waals surface area contributed by atoms with Crippen LogP contribution in [0.2, 0.25) is 0 Å². The molecule has 4 aromatic carbocycles. The Balaban J connectivity index is 1.14. The second-order valence-electron chi connectivity index (χ2n) is 9.54. The van der Waals surface area contributed by atoms with Gasteiger partial charge in [0.2, 0.25) is 5.91 Å². The fourth-order valence-corrected chi connectivity index (χ4v) is 4.77. The van der Waals surface area contributed by atoms with Gasteiger partial charge in [0.15, 0.2) is 0 Å². The number of aromatic amines is 1. The minimum absolute atomic E-state index is 0.0879. The molecular formula is C33H26FN5O. The number of anilines is 1. The molecule has 0 saturated carbocycles. The number of aryl methyl sites for hydroxylation is 1. The van der Waals surface area contributed by atoms with Gasteiger partial charge in [-0.15, -0.1) is 0 Å². The van der Waals surface area contributed by atoms with Crippen molar-refractivity contribution in [2.75, 3.05) is 5.32 Å². The molecule has 2 heterocycles. The van der Waals surface area contributed by atoms with Gasteiger partial charge in [-0.3, -0.25) is 4.79 Å². The lowest BCUT2D eigenvalue weighted by atomic mass is 10.0. The van der Waals surface area contributed by atoms with Crippen LogP contribution in [0.4, 0.5) is 21.5 Å². The molecule has 0 aliphatic heterocycles. The van der Waals surface area contributed by atoms with Gasteiger partial charge in [0, 0.05) is 28.4 Å². The molecule has 0 aliphatic carbocycles. The topological polar surface area (TPSA) is 82.5 Å². The van der Waals surface area contributed by atoms with Crippen molar-refractivity contribution in [3.05, 3.63) is 121 Å². The molecule has 40 heavy (non-hydrogen) atoms. The van der Waals surface area contributed by atoms with Crippen LogP contribution in [0.5, 0.6) is 0 Å². The van der Waals surface area contributed by atoms with E-state index in [0.717, 1.165) is 44.4 Å². The number of rotatable bonds is 8. The quantitative estimate of drug-likeness (QED) is 0.194. The average Bonchev–Trinajstić information content (AvgIpc) is 3.34. The Labute approximate surface area is 230 Å². The lowest BCUT2D eigenvalue weighted by Crippen LogP contribution is -2.11. The molecule has 2 N–H and O–H groups in total. The van der Waals surface area contributed by atoms with E-state index in [2.05, 4.69) is 20.5 Å². The fraction of sp³-hybridized carbons (Fsp3) is 0.0909. The highest BCUT2D eigenvalue weighted by molar-refractivity contribution is 5.92. The van der Waals surface area contributed by atoms with Crippen LogP contribution in [0.15, 0.2) is 119 Å². The zero-order valence-electron chi connectivity index (χ0n) is 21.6. The van der Waals surface area contributed by atoms with Crippen LogP contribution in [-0.4, -0.2) is 15.9 Å². The van der Waals surface area contributed by atoms with Crippen molar-refractivity contribution in [3.63, 3.8) is 0 Å². The number of carbonyl (C=O) groups is 1. The maximum Gasteiger partial charge on any atom is 0.224 e. The van der Waals surface area contributed by atoms with Gasteiger partial charge >= 0.3 is 0 Å². The van der Waals surface area contributed by atoms with Crippen molar-refractivity contribution >= 4 is 44.8 Å². The molecule has 196 valence electrons. The number of amides is 1. The molecular weight excluding hydrogens is 501 g/mol. The van der Waals surface area contributed by atoms with E-state index >= 15 is 0 Å². The van der Waals surface area contributed by atoms with Gasteiger partial charge < -0.3 is 10.3 Å². The van der Waals surface area contributed by atoms with Gasteiger partial charge in [-0.05, 0) is 85.1 Å². The Morgan fingerprint density at radius 1 is 0.825 bits per heavy atom. The van der Waals surface area contributed by atoms with Crippen LogP contribution in [-0.2, 0) is 11.2 Å². The molecule has 0 spiro atoms. The first-order valence-corrected chi connectivity index (χ1v) is 13.2. The molecule has 0 aliphatic rings. The first kappa shape index (κ1) is 25.1. The minimum Gasteiger partial charge on any atom is -0.353 e. The number of nitrogens with one attached hydrogen (secondary N) is 2. The first-order valence-electron chi connectivity index (χ1n) is 13.2. The highest BCUT2D eigenvalue weighted by atomic mass is 19.1. The van der Waals surface area contributed by atoms with Gasteiger partial charge in [0.05, 0.1) is 28.3 Å². The summed E-state index contributed by atoms with van der Waals surface area (Å²) in [7, 11) is 0. The van der Waals surface area contributed by atoms with E-state index in [1.807, 2.05) is 91.0 Å². The Kier molecular flexibility index (Phi) is 7.09. The predicted molar refractivity (Wildman–Crippen MR) is 158 cm³/mol. The number of fused-ring (bicyclic) bond motifs is 2. The summed E-state index contributed by atoms with van der Waals surface area (Å²) < 4.78 is 14.2. The molecule has 6 aromatic rings. The van der Waals surface area contributed by atoms with Crippen molar-refractivity contribution in [1.29, 1.82) is 0 Å². The number of benzene rings is 4. The Morgan fingerprint density at radius 2 is 1.57 bits per heavy atom. The summed E-state index contributed by atoms with van der Waals surface area (Å²) in [5.74, 6) is -0.384. The number of hydrogen-bond donors (Lipinski definition) is 2. The monoisotopic (exact) mass is 527 g/mol. The predicted octanol–water partition coefficient (Wildman–Crippen LogP) is 8.90. The van der Waals surface area contributed by atoms with Crippen LogP contribution in [0.1, 0.15) is 18.4 Å². The molecule has 0 radical (unpaired) electrons. The summed E-state index contributed by atoms with van der Waals surface area (Å²) in [5.41, 5.74) is 6.50. The summed E-state index contributed by atoms with van der Waals surface area (Å²) in [6.07, 6.45) is 1.51. The number of nitrogens with zero attached hydrogens (tertiary/aromatic N) is 3. The Morgan fingerprint density at radius 3 is 2.40 bits per heavy atom. The van der Waals surface area contributed by atoms with Crippen LogP contribution < -0.4 is 5.32 Å². The number of aromatic nitrogens is 2. The van der Waals surface area contributed by atoms with E-state index in [9.17, 15) is 9.18 Å². The van der Waals surface area contributed by atoms with Crippen LogP contribution >= 0.6 is 0 Å². The SMILES string of the molecule is O=C(CCCc1c(-c2ccc3ccccc3n2)[nH]c2ccc(F)cc12)Nc1ccc(N=Nc2ccccc2)cc1. The van der Waals surface area contributed by atoms with Crippen molar-refractivity contribution < 1.29 is 9.18 Å². The summed E-state index contributed by atoms with van der Waals surface area (Å²) in [4.78, 5) is 21.0. The van der Waals surface area contributed by atoms with Gasteiger partial charge in [-0.2, -0.15) is 10.2 Å². The first-order chi connectivity index (χ1) is 19.6. The maximum absolute atomic E-state index is 14.2. The second-order valence-corrected chi connectivity index (χ2v) is 9.54. The van der Waals surface area contributed by atoms with Gasteiger partial charge in [0.25, 0.3) is 0 Å². The number of hydrogen-bond acceptors (Lipinski definition) is 4. The summed E-state index contributed by atoms with van der Waals surface area (Å²) in [6.45, 7) is 0. The number of H-pyrrole nitrogens is 1. The molecule has 6 nitrogen and oxygen atoms in total. The number of azo groups is 1. The third-order valence-corrected chi connectivity index (χ3v) is 6.74. The normalized spacial score (nSPS) is 11.4. The van der Waals surface area contributed by atoms with E-state index in [1.165, 1.54) is 6.07 Å². The van der Waals surface area contributed by atoms with Gasteiger partial charge in [-0.25, -0.2) is 9.37 Å². The minimum atomic E-state index is -0.296. The highest BCUT2D eigenvalue weighted by Gasteiger charge is 2.16. The largest absolute Gasteiger partial charge is 0.353 e. The van der Waals surface area contributed by atoms with Crippen LogP contribution in [0, 0.1) is 5.82 Å². The third kappa shape index (κ3) is 5.63. The van der Waals surface area contributed by atoms with E-state index in [4.69, 9.17) is 4.98 Å². The number of para-hydroxylation sites is 1. The smallest absolute Gasteiger partial charge is 0.224 e.